The van der Waals surface area contributed by atoms with E-state index >= 15 is 0 Å². The van der Waals surface area contributed by atoms with Crippen molar-refractivity contribution in [2.75, 3.05) is 6.54 Å². The highest BCUT2D eigenvalue weighted by molar-refractivity contribution is 5.99. The second-order valence-corrected chi connectivity index (χ2v) is 19.9. The summed E-state index contributed by atoms with van der Waals surface area (Å²) in [5.74, 6) is -9.29. The van der Waals surface area contributed by atoms with Crippen LogP contribution in [0.2, 0.25) is 0 Å². The monoisotopic (exact) mass is 1020 g/mol. The number of nitrogens with one attached hydrogen (secondary N) is 8. The molecular formula is C48H71N15O10. The fraction of sp³-hybridized carbons (Fsp3) is 0.562. The van der Waals surface area contributed by atoms with Crippen LogP contribution in [-0.4, -0.2) is 134 Å². The number of aliphatic carboxylic acids is 1. The molecule has 0 radical (unpaired) electrons. The number of fused-ring (bicyclic) bond motifs is 13. The van der Waals surface area contributed by atoms with Crippen molar-refractivity contribution in [3.63, 3.8) is 0 Å². The first kappa shape index (κ1) is 56.3. The molecule has 398 valence electrons. The van der Waals surface area contributed by atoms with Gasteiger partial charge in [0.15, 0.2) is 5.96 Å². The molecule has 25 heteroatoms. The van der Waals surface area contributed by atoms with Gasteiger partial charge in [-0.3, -0.25) is 47.9 Å². The zero-order valence-electron chi connectivity index (χ0n) is 42.2. The van der Waals surface area contributed by atoms with E-state index < -0.39 is 113 Å². The minimum Gasteiger partial charge on any atom is -0.480 e. The van der Waals surface area contributed by atoms with Crippen LogP contribution in [0, 0.1) is 17.8 Å². The van der Waals surface area contributed by atoms with Gasteiger partial charge < -0.3 is 70.2 Å². The second kappa shape index (κ2) is 24.7. The minimum atomic E-state index is -1.48. The van der Waals surface area contributed by atoms with Gasteiger partial charge in [-0.2, -0.15) is 0 Å². The molecule has 3 aromatic rings. The van der Waals surface area contributed by atoms with Gasteiger partial charge in [0.2, 0.25) is 47.3 Å². The first-order valence-electron chi connectivity index (χ1n) is 24.5. The third kappa shape index (κ3) is 14.8. The van der Waals surface area contributed by atoms with Crippen LogP contribution in [0.5, 0.6) is 0 Å². The molecule has 7 bridgehead atoms. The Kier molecular flexibility index (Phi) is 19.1. The largest absolute Gasteiger partial charge is 0.480 e. The number of aliphatic imine (C=N–C) groups is 1. The van der Waals surface area contributed by atoms with Crippen molar-refractivity contribution in [3.8, 4) is 5.82 Å². The number of H-pyrrole nitrogens is 1. The number of hydrogen-bond donors (Lipinski definition) is 13. The molecule has 0 saturated carbocycles. The van der Waals surface area contributed by atoms with Crippen LogP contribution in [0.4, 0.5) is 0 Å². The van der Waals surface area contributed by atoms with E-state index in [1.54, 1.807) is 42.8 Å². The van der Waals surface area contributed by atoms with Gasteiger partial charge in [-0.15, -0.1) is 0 Å². The summed E-state index contributed by atoms with van der Waals surface area (Å²) in [5.41, 5.74) is 24.4. The number of aromatic nitrogens is 3. The van der Waals surface area contributed by atoms with Crippen LogP contribution < -0.4 is 60.2 Å². The van der Waals surface area contributed by atoms with E-state index in [-0.39, 0.29) is 75.0 Å². The number of carbonyl (C=O) groups is 9. The molecule has 2 aromatic heterocycles. The number of primary amides is 1. The van der Waals surface area contributed by atoms with E-state index in [0.717, 1.165) is 0 Å². The standard InChI is InChI=1S/C48H71N15O10/c1-21(2)15-32-44(69)61-37(23(5)6)45(70)59-33-18-28-27-11-10-25(36(22(3)4)38(46(71)58-32)62-41(66)29(49)12-13-35(50)64)16-31(27)56-39(28)63-19-26(54-20-63)17-34(47(72)73)60-40(65)24(7)55-42(67)30(57-43(33)68)9-8-14-53-48(51)52/h10-11,16,19-24,29-30,32-34,36-38,56H,8-9,12-15,17-18,49H2,1-7H3,(H2,50,64)(H,55,67)(H,57,68)(H,58,71)(H,59,70)(H,60,65)(H,61,69)(H,62,66)(H,72,73)(H4,51,52,53). The highest BCUT2D eigenvalue weighted by Crippen LogP contribution is 2.34. The smallest absolute Gasteiger partial charge is 0.326 e. The summed E-state index contributed by atoms with van der Waals surface area (Å²) in [5, 5.41) is 29.8. The van der Waals surface area contributed by atoms with Crippen molar-refractivity contribution >= 4 is 70.1 Å². The Morgan fingerprint density at radius 2 is 1.52 bits per heavy atom. The van der Waals surface area contributed by atoms with Gasteiger partial charge in [0.25, 0.3) is 0 Å². The molecule has 0 aliphatic carbocycles. The predicted molar refractivity (Wildman–Crippen MR) is 268 cm³/mol. The number of amides is 8. The zero-order chi connectivity index (χ0) is 54.0. The minimum absolute atomic E-state index is 0.0504. The third-order valence-corrected chi connectivity index (χ3v) is 12.9. The first-order valence-corrected chi connectivity index (χ1v) is 24.5. The van der Waals surface area contributed by atoms with E-state index in [0.29, 0.717) is 27.8 Å². The van der Waals surface area contributed by atoms with Crippen LogP contribution >= 0.6 is 0 Å². The third-order valence-electron chi connectivity index (χ3n) is 12.9. The number of aromatic amines is 1. The maximum atomic E-state index is 14.9. The fourth-order valence-corrected chi connectivity index (χ4v) is 9.01. The lowest BCUT2D eigenvalue weighted by Crippen LogP contribution is -2.61. The Morgan fingerprint density at radius 1 is 0.836 bits per heavy atom. The topological polar surface area (TPSA) is 408 Å². The Hall–Kier alpha value is -7.57. The maximum Gasteiger partial charge on any atom is 0.326 e. The molecule has 1 aromatic carbocycles. The zero-order valence-corrected chi connectivity index (χ0v) is 42.2. The molecule has 0 saturated heterocycles. The fourth-order valence-electron chi connectivity index (χ4n) is 9.01. The van der Waals surface area contributed by atoms with Crippen molar-refractivity contribution in [1.29, 1.82) is 0 Å². The Bertz CT molecular complexity index is 2580. The van der Waals surface area contributed by atoms with E-state index in [1.165, 1.54) is 13.3 Å². The van der Waals surface area contributed by atoms with Gasteiger partial charge >= 0.3 is 5.97 Å². The van der Waals surface area contributed by atoms with Crippen molar-refractivity contribution in [2.45, 2.75) is 148 Å². The van der Waals surface area contributed by atoms with Crippen LogP contribution in [0.15, 0.2) is 35.7 Å². The van der Waals surface area contributed by atoms with Gasteiger partial charge in [-0.1, -0.05) is 53.7 Å². The molecule has 3 aliphatic rings. The first-order chi connectivity index (χ1) is 34.3. The van der Waals surface area contributed by atoms with Crippen LogP contribution in [0.25, 0.3) is 16.7 Å². The molecule has 3 aliphatic heterocycles. The Balaban J connectivity index is 1.78. The summed E-state index contributed by atoms with van der Waals surface area (Å²) >= 11 is 0. The molecular weight excluding hydrogens is 947 g/mol. The molecule has 0 fully saturated rings. The molecule has 8 amide bonds. The maximum absolute atomic E-state index is 14.9. The van der Waals surface area contributed by atoms with Crippen LogP contribution in [0.3, 0.4) is 0 Å². The summed E-state index contributed by atoms with van der Waals surface area (Å²) < 4.78 is 1.56. The molecule has 0 spiro atoms. The van der Waals surface area contributed by atoms with Crippen molar-refractivity contribution in [3.05, 3.63) is 47.5 Å². The number of hydrogen-bond acceptors (Lipinski definition) is 12. The van der Waals surface area contributed by atoms with Gasteiger partial charge in [0, 0.05) is 54.4 Å². The molecule has 17 N–H and O–H groups in total. The highest BCUT2D eigenvalue weighted by atomic mass is 16.4. The van der Waals surface area contributed by atoms with Gasteiger partial charge in [-0.25, -0.2) is 9.78 Å². The average molecular weight is 1020 g/mol. The molecule has 9 unspecified atom stereocenters. The number of nitrogens with zero attached hydrogens (tertiary/aromatic N) is 3. The van der Waals surface area contributed by atoms with Gasteiger partial charge in [0.05, 0.1) is 11.7 Å². The van der Waals surface area contributed by atoms with E-state index in [2.05, 4.69) is 52.2 Å². The number of benzene rings is 1. The summed E-state index contributed by atoms with van der Waals surface area (Å²) in [6.07, 6.45) is 2.36. The normalized spacial score (nSPS) is 24.0. The SMILES string of the molecule is CC(C)CC1NC(=O)C(NC(=O)C(N)CCC(N)=O)C(C(C)C)c2ccc3c4c([nH]c3c2)-n2cnc(c2)CC(C(=O)O)NC(=O)C(C)NC(=O)C(CCCN=C(N)N)NC(=O)C(C4)NC(=O)C(C(C)C)NC1=O. The lowest BCUT2D eigenvalue weighted by atomic mass is 9.81. The lowest BCUT2D eigenvalue weighted by molar-refractivity contribution is -0.142. The number of carboxylic acid groups (broad SMARTS) is 1. The highest BCUT2D eigenvalue weighted by Gasteiger charge is 2.39. The van der Waals surface area contributed by atoms with Gasteiger partial charge in [0.1, 0.15) is 54.4 Å². The van der Waals surface area contributed by atoms with Crippen LogP contribution in [-0.2, 0) is 56.0 Å². The number of guanidine groups is 1. The number of nitrogens with two attached hydrogens (primary N) is 4. The number of carboxylic acids is 1. The lowest BCUT2D eigenvalue weighted by Gasteiger charge is -2.33. The summed E-state index contributed by atoms with van der Waals surface area (Å²) in [7, 11) is 0. The van der Waals surface area contributed by atoms with Crippen LogP contribution in [0.1, 0.15) is 103 Å². The molecule has 5 heterocycles. The number of imidazole rings is 1. The van der Waals surface area contributed by atoms with E-state index in [9.17, 15) is 48.3 Å². The number of carbonyl (C=O) groups excluding carboxylic acids is 8. The molecule has 6 rings (SSSR count). The van der Waals surface area contributed by atoms with Crippen molar-refractivity contribution in [2.24, 2.45) is 45.7 Å². The molecule has 9 atom stereocenters. The van der Waals surface area contributed by atoms with Crippen molar-refractivity contribution in [1.82, 2.24) is 51.8 Å². The Morgan fingerprint density at radius 3 is 2.15 bits per heavy atom. The van der Waals surface area contributed by atoms with E-state index in [4.69, 9.17) is 22.9 Å². The molecule has 73 heavy (non-hydrogen) atoms. The van der Waals surface area contributed by atoms with Gasteiger partial charge in [-0.05, 0) is 62.0 Å². The summed E-state index contributed by atoms with van der Waals surface area (Å²) in [6.45, 7) is 12.2. The summed E-state index contributed by atoms with van der Waals surface area (Å²) in [4.78, 5) is 136. The number of rotatable bonds is 14. The van der Waals surface area contributed by atoms with E-state index in [1.807, 2.05) is 27.7 Å². The average Bonchev–Trinajstić information content (AvgIpc) is 3.92. The molecule has 25 nitrogen and oxygen atoms in total. The quantitative estimate of drug-likeness (QED) is 0.0362. The predicted octanol–water partition coefficient (Wildman–Crippen LogP) is -1.95. The van der Waals surface area contributed by atoms with Crippen molar-refractivity contribution < 1.29 is 48.3 Å². The second-order valence-electron chi connectivity index (χ2n) is 19.9. The Labute approximate surface area is 422 Å². The summed E-state index contributed by atoms with van der Waals surface area (Å²) in [6, 6.07) is -5.42.